The second-order valence-corrected chi connectivity index (χ2v) is 4.07. The first-order valence-corrected chi connectivity index (χ1v) is 6.04. The summed E-state index contributed by atoms with van der Waals surface area (Å²) in [4.78, 5) is 11.6. The fourth-order valence-corrected chi connectivity index (χ4v) is 2.37. The summed E-state index contributed by atoms with van der Waals surface area (Å²) in [6, 6.07) is 0. The summed E-state index contributed by atoms with van der Waals surface area (Å²) in [5.41, 5.74) is 1.30. The molecule has 0 saturated carbocycles. The number of alkyl halides is 1. The number of ether oxygens (including phenoxy) is 1. The third kappa shape index (κ3) is 2.59. The normalized spacial score (nSPS) is 21.6. The van der Waals surface area contributed by atoms with E-state index in [4.69, 9.17) is 10.1 Å². The highest BCUT2D eigenvalue weighted by molar-refractivity contribution is 9.09. The molecule has 2 atom stereocenters. The fourth-order valence-electron chi connectivity index (χ4n) is 1.64. The highest BCUT2D eigenvalue weighted by Crippen LogP contribution is 2.24. The molecule has 2 N–H and O–H groups in total. The van der Waals surface area contributed by atoms with Gasteiger partial charge in [-0.2, -0.15) is 0 Å². The maximum absolute atomic E-state index is 11.6. The smallest absolute Gasteiger partial charge is 0.253 e. The Balaban J connectivity index is 2.99. The summed E-state index contributed by atoms with van der Waals surface area (Å²) in [5, 5.41) is 11.0. The molecule has 0 aromatic heterocycles. The van der Waals surface area contributed by atoms with Crippen LogP contribution >= 0.6 is 15.9 Å². The van der Waals surface area contributed by atoms with Crippen LogP contribution in [0.3, 0.4) is 0 Å². The number of carbonyl (C=O) groups excluding carboxylic acids is 1. The summed E-state index contributed by atoms with van der Waals surface area (Å²) in [7, 11) is 3.07. The van der Waals surface area contributed by atoms with E-state index in [9.17, 15) is 4.79 Å². The van der Waals surface area contributed by atoms with E-state index in [1.165, 1.54) is 7.11 Å². The number of nitrogens with one attached hydrogen (secondary N) is 2. The van der Waals surface area contributed by atoms with Gasteiger partial charge >= 0.3 is 0 Å². The number of hydrogen-bond donors (Lipinski definition) is 2. The monoisotopic (exact) mass is 286 g/mol. The zero-order valence-corrected chi connectivity index (χ0v) is 10.9. The Labute approximate surface area is 103 Å². The topological polar surface area (TPSA) is 62.2 Å². The molecule has 0 heterocycles. The largest absolute Gasteiger partial charge is 0.367 e. The van der Waals surface area contributed by atoms with Crippen LogP contribution in [0.5, 0.6) is 0 Å². The quantitative estimate of drug-likeness (QED) is 0.765. The molecule has 0 aliphatic heterocycles. The van der Waals surface area contributed by atoms with E-state index in [0.29, 0.717) is 11.0 Å². The lowest BCUT2D eigenvalue weighted by molar-refractivity contribution is -0.128. The second kappa shape index (κ2) is 5.96. The molecule has 0 aromatic rings. The molecular formula is C11H15BrN2O2. The minimum Gasteiger partial charge on any atom is -0.367 e. The van der Waals surface area contributed by atoms with Crippen LogP contribution in [0.1, 0.15) is 0 Å². The van der Waals surface area contributed by atoms with Crippen LogP contribution in [0.2, 0.25) is 0 Å². The first-order valence-electron chi connectivity index (χ1n) is 4.92. The van der Waals surface area contributed by atoms with E-state index >= 15 is 0 Å². The van der Waals surface area contributed by atoms with Crippen LogP contribution < -0.4 is 5.32 Å². The number of likely N-dealkylation sites (N-methyl/N-ethyl adjacent to an activating group) is 1. The van der Waals surface area contributed by atoms with Crippen LogP contribution in [0.4, 0.5) is 0 Å². The van der Waals surface area contributed by atoms with Gasteiger partial charge in [0.15, 0.2) is 6.10 Å². The van der Waals surface area contributed by atoms with Crippen molar-refractivity contribution in [2.24, 2.45) is 5.92 Å². The second-order valence-electron chi connectivity index (χ2n) is 3.42. The average Bonchev–Trinajstić information content (AvgIpc) is 2.30. The van der Waals surface area contributed by atoms with E-state index in [-0.39, 0.29) is 11.8 Å². The average molecular weight is 287 g/mol. The Kier molecular flexibility index (Phi) is 4.89. The van der Waals surface area contributed by atoms with Crippen molar-refractivity contribution in [2.75, 3.05) is 19.5 Å². The molecule has 0 radical (unpaired) electrons. The number of amides is 1. The molecule has 4 nitrogen and oxygen atoms in total. The van der Waals surface area contributed by atoms with E-state index < -0.39 is 6.10 Å². The summed E-state index contributed by atoms with van der Waals surface area (Å²) in [6.07, 6.45) is 4.71. The third-order valence-electron chi connectivity index (χ3n) is 2.52. The van der Waals surface area contributed by atoms with Crippen molar-refractivity contribution in [1.82, 2.24) is 5.32 Å². The molecule has 5 heteroatoms. The Hall–Kier alpha value is -0.940. The minimum atomic E-state index is -0.627. The van der Waals surface area contributed by atoms with Crippen LogP contribution in [0.25, 0.3) is 0 Å². The van der Waals surface area contributed by atoms with Gasteiger partial charge in [0, 0.05) is 31.1 Å². The molecule has 1 aliphatic rings. The molecule has 0 saturated heterocycles. The van der Waals surface area contributed by atoms with Gasteiger partial charge in [0.25, 0.3) is 5.91 Å². The zero-order chi connectivity index (χ0) is 12.1. The first kappa shape index (κ1) is 13.1. The predicted octanol–water partition coefficient (Wildman–Crippen LogP) is 1.27. The molecule has 0 bridgehead atoms. The van der Waals surface area contributed by atoms with Crippen molar-refractivity contribution >= 4 is 27.5 Å². The van der Waals surface area contributed by atoms with Crippen LogP contribution in [-0.2, 0) is 9.53 Å². The number of methoxy groups -OCH3 is 1. The van der Waals surface area contributed by atoms with Crippen LogP contribution in [-0.4, -0.2) is 37.2 Å². The maximum atomic E-state index is 11.6. The summed E-state index contributed by atoms with van der Waals surface area (Å²) in [6.45, 7) is 0. The van der Waals surface area contributed by atoms with Gasteiger partial charge in [-0.3, -0.25) is 4.79 Å². The Morgan fingerprint density at radius 1 is 1.75 bits per heavy atom. The minimum absolute atomic E-state index is 0.104. The number of carbonyl (C=O) groups is 1. The fraction of sp³-hybridized carbons (Fsp3) is 0.455. The molecule has 0 spiro atoms. The third-order valence-corrected chi connectivity index (χ3v) is 3.17. The van der Waals surface area contributed by atoms with Crippen molar-refractivity contribution < 1.29 is 9.53 Å². The molecule has 2 unspecified atom stereocenters. The van der Waals surface area contributed by atoms with Crippen molar-refractivity contribution in [1.29, 1.82) is 5.41 Å². The van der Waals surface area contributed by atoms with E-state index in [2.05, 4.69) is 21.2 Å². The van der Waals surface area contributed by atoms with E-state index in [0.717, 1.165) is 5.57 Å². The lowest BCUT2D eigenvalue weighted by Gasteiger charge is -2.25. The van der Waals surface area contributed by atoms with Gasteiger partial charge in [0.05, 0.1) is 0 Å². The predicted molar refractivity (Wildman–Crippen MR) is 67.1 cm³/mol. The molecule has 0 fully saturated rings. The van der Waals surface area contributed by atoms with Gasteiger partial charge in [-0.1, -0.05) is 28.1 Å². The molecular weight excluding hydrogens is 272 g/mol. The van der Waals surface area contributed by atoms with Gasteiger partial charge < -0.3 is 15.5 Å². The SMILES string of the molecule is CNC(=O)C(OC)C1=CC=CC(=N)C1CBr. The van der Waals surface area contributed by atoms with Gasteiger partial charge in [-0.15, -0.1) is 0 Å². The molecule has 1 aliphatic carbocycles. The van der Waals surface area contributed by atoms with E-state index in [1.807, 2.05) is 6.08 Å². The van der Waals surface area contributed by atoms with Gasteiger partial charge in [0.1, 0.15) is 0 Å². The van der Waals surface area contributed by atoms with Crippen molar-refractivity contribution in [3.8, 4) is 0 Å². The maximum Gasteiger partial charge on any atom is 0.253 e. The van der Waals surface area contributed by atoms with Crippen molar-refractivity contribution in [3.05, 3.63) is 23.8 Å². The van der Waals surface area contributed by atoms with Crippen LogP contribution in [0.15, 0.2) is 23.8 Å². The molecule has 0 aromatic carbocycles. The van der Waals surface area contributed by atoms with Gasteiger partial charge in [-0.05, 0) is 11.6 Å². The Morgan fingerprint density at radius 3 is 2.94 bits per heavy atom. The highest BCUT2D eigenvalue weighted by Gasteiger charge is 2.30. The lowest BCUT2D eigenvalue weighted by Crippen LogP contribution is -2.39. The molecule has 1 rings (SSSR count). The van der Waals surface area contributed by atoms with Crippen molar-refractivity contribution in [3.63, 3.8) is 0 Å². The van der Waals surface area contributed by atoms with Crippen LogP contribution in [0, 0.1) is 11.3 Å². The molecule has 88 valence electrons. The summed E-state index contributed by atoms with van der Waals surface area (Å²) in [5.74, 6) is -0.296. The molecule has 1 amide bonds. The number of allylic oxidation sites excluding steroid dienone is 3. The number of halogens is 1. The lowest BCUT2D eigenvalue weighted by atomic mass is 9.87. The van der Waals surface area contributed by atoms with Gasteiger partial charge in [-0.25, -0.2) is 0 Å². The standard InChI is InChI=1S/C11H15BrN2O2/c1-14-11(15)10(16-2)7-4-3-5-9(13)8(7)6-12/h3-5,8,10,13H,6H2,1-2H3,(H,14,15). The zero-order valence-electron chi connectivity index (χ0n) is 9.29. The van der Waals surface area contributed by atoms with Crippen molar-refractivity contribution in [2.45, 2.75) is 6.10 Å². The Morgan fingerprint density at radius 2 is 2.44 bits per heavy atom. The summed E-state index contributed by atoms with van der Waals surface area (Å²) < 4.78 is 5.19. The first-order chi connectivity index (χ1) is 7.65. The van der Waals surface area contributed by atoms with Gasteiger partial charge in [0.2, 0.25) is 0 Å². The molecule has 16 heavy (non-hydrogen) atoms. The highest BCUT2D eigenvalue weighted by atomic mass is 79.9. The summed E-state index contributed by atoms with van der Waals surface area (Å²) >= 11 is 3.36. The number of hydrogen-bond acceptors (Lipinski definition) is 3. The number of rotatable bonds is 4. The Bertz CT molecular complexity index is 350. The van der Waals surface area contributed by atoms with E-state index in [1.54, 1.807) is 19.2 Å².